The molecule has 2 atom stereocenters. The van der Waals surface area contributed by atoms with Crippen LogP contribution in [0.3, 0.4) is 0 Å². The molecule has 0 aromatic carbocycles. The molecule has 1 fully saturated rings. The third kappa shape index (κ3) is 3.23. The summed E-state index contributed by atoms with van der Waals surface area (Å²) in [6.45, 7) is 2.83. The second-order valence-corrected chi connectivity index (χ2v) is 5.39. The van der Waals surface area contributed by atoms with Gasteiger partial charge in [0.2, 0.25) is 0 Å². The van der Waals surface area contributed by atoms with Crippen molar-refractivity contribution in [1.82, 2.24) is 0 Å². The molecule has 1 N–H and O–H groups in total. The molecule has 1 aliphatic heterocycles. The van der Waals surface area contributed by atoms with Crippen LogP contribution < -0.4 is 0 Å². The van der Waals surface area contributed by atoms with Gasteiger partial charge in [0.05, 0.1) is 0 Å². The number of carbonyl (C=O) groups is 1. The van der Waals surface area contributed by atoms with Crippen LogP contribution in [0, 0.1) is 0 Å². The number of alkyl halides is 5. The maximum absolute atomic E-state index is 13.9. The smallest absolute Gasteiger partial charge is 0.425 e. The maximum atomic E-state index is 13.9. The van der Waals surface area contributed by atoms with Crippen LogP contribution in [0.2, 0.25) is 0 Å². The maximum Gasteiger partial charge on any atom is 0.425 e. The molecule has 0 saturated carbocycles. The average molecular weight is 334 g/mol. The van der Waals surface area contributed by atoms with Crippen LogP contribution in [0.5, 0.6) is 0 Å². The van der Waals surface area contributed by atoms with E-state index >= 15 is 0 Å². The van der Waals surface area contributed by atoms with Crippen LogP contribution in [0.25, 0.3) is 0 Å². The fourth-order valence-corrected chi connectivity index (χ4v) is 2.14. The zero-order valence-electron chi connectivity index (χ0n) is 11.8. The fourth-order valence-electron chi connectivity index (χ4n) is 2.14. The molecule has 1 saturated heterocycles. The number of carbonyl (C=O) groups excluding carboxylic acids is 1. The number of hydrogen-bond acceptors (Lipinski definition) is 5. The van der Waals surface area contributed by atoms with E-state index in [4.69, 9.17) is 5.26 Å². The van der Waals surface area contributed by atoms with E-state index in [1.165, 1.54) is 6.92 Å². The molecule has 1 aliphatic rings. The normalized spacial score (nSPS) is 31.1. The van der Waals surface area contributed by atoms with Gasteiger partial charge in [-0.3, -0.25) is 5.26 Å². The van der Waals surface area contributed by atoms with Crippen molar-refractivity contribution in [2.24, 2.45) is 0 Å². The Bertz CT molecular complexity index is 463. The molecule has 0 aliphatic carbocycles. The summed E-state index contributed by atoms with van der Waals surface area (Å²) in [6.07, 6.45) is -6.89. The fraction of sp³-hybridized carbons (Fsp3) is 0.750. The van der Waals surface area contributed by atoms with Crippen molar-refractivity contribution in [1.29, 1.82) is 0 Å². The van der Waals surface area contributed by atoms with Crippen LogP contribution in [0.1, 0.15) is 20.3 Å². The van der Waals surface area contributed by atoms with Crippen LogP contribution in [-0.2, 0) is 19.2 Å². The minimum absolute atomic E-state index is 0.0471. The molecule has 0 radical (unpaired) electrons. The molecule has 2 unspecified atom stereocenters. The number of esters is 1. The molecule has 1 heterocycles. The van der Waals surface area contributed by atoms with Gasteiger partial charge in [0.1, 0.15) is 18.8 Å². The Hall–Kier alpha value is -1.26. The average Bonchev–Trinajstić information content (AvgIpc) is 2.54. The van der Waals surface area contributed by atoms with Crippen LogP contribution >= 0.6 is 0 Å². The second kappa shape index (κ2) is 5.74. The van der Waals surface area contributed by atoms with Crippen LogP contribution in [0.4, 0.5) is 22.0 Å². The lowest BCUT2D eigenvalue weighted by molar-refractivity contribution is -0.377. The number of ether oxygens (including phenoxy) is 2. The standard InChI is InChI=1S/C12H15F5O5/c1-7(2)8(18)20-5-9(3)4-11(13,14)10(22-9,6-21-19)12(15,16)17/h19H,1,4-6H2,2-3H3. The molecule has 22 heavy (non-hydrogen) atoms. The highest BCUT2D eigenvalue weighted by Gasteiger charge is 2.78. The molecular weight excluding hydrogens is 319 g/mol. The first-order valence-corrected chi connectivity index (χ1v) is 6.04. The Morgan fingerprint density at radius 3 is 2.32 bits per heavy atom. The summed E-state index contributed by atoms with van der Waals surface area (Å²) in [6, 6.07) is 0. The Balaban J connectivity index is 3.05. The lowest BCUT2D eigenvalue weighted by Crippen LogP contribution is -2.60. The van der Waals surface area contributed by atoms with Gasteiger partial charge in [0.15, 0.2) is 0 Å². The molecule has 10 heteroatoms. The van der Waals surface area contributed by atoms with Gasteiger partial charge in [-0.2, -0.15) is 13.2 Å². The van der Waals surface area contributed by atoms with Gasteiger partial charge in [-0.25, -0.2) is 18.5 Å². The molecule has 0 spiro atoms. The molecule has 0 aromatic rings. The van der Waals surface area contributed by atoms with Gasteiger partial charge in [0, 0.05) is 12.0 Å². The zero-order valence-corrected chi connectivity index (χ0v) is 11.8. The van der Waals surface area contributed by atoms with Crippen molar-refractivity contribution in [2.45, 2.75) is 43.6 Å². The van der Waals surface area contributed by atoms with Crippen molar-refractivity contribution in [2.75, 3.05) is 13.2 Å². The number of halogens is 5. The van der Waals surface area contributed by atoms with Crippen molar-refractivity contribution in [3.05, 3.63) is 12.2 Å². The highest BCUT2D eigenvalue weighted by Crippen LogP contribution is 2.56. The van der Waals surface area contributed by atoms with E-state index in [1.54, 1.807) is 0 Å². The molecule has 128 valence electrons. The van der Waals surface area contributed by atoms with E-state index in [2.05, 4.69) is 20.9 Å². The lowest BCUT2D eigenvalue weighted by Gasteiger charge is -2.35. The third-order valence-electron chi connectivity index (χ3n) is 3.19. The molecule has 0 aromatic heterocycles. The largest absolute Gasteiger partial charge is 0.459 e. The Kier molecular flexibility index (Phi) is 4.91. The van der Waals surface area contributed by atoms with Crippen molar-refractivity contribution in [3.8, 4) is 0 Å². The molecule has 5 nitrogen and oxygen atoms in total. The summed E-state index contributed by atoms with van der Waals surface area (Å²) in [5.74, 6) is -5.34. The predicted molar refractivity (Wildman–Crippen MR) is 62.2 cm³/mol. The molecule has 0 bridgehead atoms. The minimum Gasteiger partial charge on any atom is -0.459 e. The summed E-state index contributed by atoms with van der Waals surface area (Å²) in [7, 11) is 0. The van der Waals surface area contributed by atoms with Gasteiger partial charge in [-0.15, -0.1) is 0 Å². The second-order valence-electron chi connectivity index (χ2n) is 5.39. The topological polar surface area (TPSA) is 65.0 Å². The van der Waals surface area contributed by atoms with Crippen LogP contribution in [-0.4, -0.2) is 47.7 Å². The quantitative estimate of drug-likeness (QED) is 0.275. The van der Waals surface area contributed by atoms with Gasteiger partial charge in [-0.05, 0) is 13.8 Å². The van der Waals surface area contributed by atoms with E-state index in [0.29, 0.717) is 0 Å². The SMILES string of the molecule is C=C(C)C(=O)OCC1(C)CC(F)(F)C(COO)(C(F)(F)F)O1. The number of rotatable bonds is 5. The monoisotopic (exact) mass is 334 g/mol. The highest BCUT2D eigenvalue weighted by molar-refractivity contribution is 5.86. The first-order chi connectivity index (χ1) is 9.80. The van der Waals surface area contributed by atoms with E-state index in [9.17, 15) is 26.7 Å². The summed E-state index contributed by atoms with van der Waals surface area (Å²) in [4.78, 5) is 14.5. The predicted octanol–water partition coefficient (Wildman–Crippen LogP) is 2.71. The summed E-state index contributed by atoms with van der Waals surface area (Å²) in [5.41, 5.74) is -6.18. The van der Waals surface area contributed by atoms with Crippen molar-refractivity contribution >= 4 is 5.97 Å². The van der Waals surface area contributed by atoms with E-state index in [-0.39, 0.29) is 5.57 Å². The van der Waals surface area contributed by atoms with E-state index < -0.39 is 48.9 Å². The third-order valence-corrected chi connectivity index (χ3v) is 3.19. The highest BCUT2D eigenvalue weighted by atomic mass is 19.4. The van der Waals surface area contributed by atoms with Gasteiger partial charge < -0.3 is 9.47 Å². The van der Waals surface area contributed by atoms with E-state index in [0.717, 1.165) is 6.92 Å². The zero-order chi connectivity index (χ0) is 17.4. The summed E-state index contributed by atoms with van der Waals surface area (Å²) >= 11 is 0. The van der Waals surface area contributed by atoms with Crippen molar-refractivity contribution < 1.29 is 46.4 Å². The summed E-state index contributed by atoms with van der Waals surface area (Å²) < 4.78 is 76.1. The Morgan fingerprint density at radius 1 is 1.36 bits per heavy atom. The molecule has 0 amide bonds. The van der Waals surface area contributed by atoms with Crippen molar-refractivity contribution in [3.63, 3.8) is 0 Å². The first kappa shape index (κ1) is 18.8. The minimum atomic E-state index is -5.52. The number of hydrogen-bond donors (Lipinski definition) is 1. The summed E-state index contributed by atoms with van der Waals surface area (Å²) in [5, 5.41) is 8.24. The van der Waals surface area contributed by atoms with Gasteiger partial charge >= 0.3 is 12.1 Å². The van der Waals surface area contributed by atoms with E-state index in [1.807, 2.05) is 0 Å². The van der Waals surface area contributed by atoms with Crippen LogP contribution in [0.15, 0.2) is 12.2 Å². The Labute approximate surface area is 122 Å². The molecular formula is C12H15F5O5. The molecule has 1 rings (SSSR count). The first-order valence-electron chi connectivity index (χ1n) is 6.04. The van der Waals surface area contributed by atoms with Gasteiger partial charge in [-0.1, -0.05) is 6.58 Å². The van der Waals surface area contributed by atoms with Gasteiger partial charge in [0.25, 0.3) is 11.5 Å². The Morgan fingerprint density at radius 2 is 1.91 bits per heavy atom. The lowest BCUT2D eigenvalue weighted by atomic mass is 9.92.